The molecule has 4 heterocycles. The monoisotopic (exact) mass is 674 g/mol. The number of urea groups is 1. The molecule has 0 bridgehead atoms. The average molecular weight is 675 g/mol. The summed E-state index contributed by atoms with van der Waals surface area (Å²) in [4.78, 5) is 23.0. The molecule has 3 aromatic carbocycles. The Kier molecular flexibility index (Phi) is 9.31. The molecule has 7 rings (SSSR count). The van der Waals surface area contributed by atoms with Crippen LogP contribution in [0.1, 0.15) is 37.4 Å². The standard InChI is InChI=1S/C35H40F2N8O4/c1-4-24(2)43-33(42-17-16-38-19-30(42)27-12-8-9-13-31(27)47-3)45(44(34(43)46)26-10-6-5-7-11-26)32-20-48-35(49-32,21-41-23-39-22-40-41)28-15-14-25(36)18-29(28)37/h5-15,18,22-24,30,32-33,38H,4,16-17,19-21H2,1-3H3. The molecular formula is C35H40F2N8O4. The molecule has 2 amide bonds. The van der Waals surface area contributed by atoms with E-state index in [4.69, 9.17) is 14.2 Å². The fourth-order valence-electron chi connectivity index (χ4n) is 7.04. The zero-order chi connectivity index (χ0) is 34.1. The van der Waals surface area contributed by atoms with E-state index in [-0.39, 0.29) is 36.8 Å². The Bertz CT molecular complexity index is 1750. The van der Waals surface area contributed by atoms with Gasteiger partial charge in [-0.1, -0.05) is 43.3 Å². The van der Waals surface area contributed by atoms with Gasteiger partial charge in [-0.2, -0.15) is 5.10 Å². The van der Waals surface area contributed by atoms with E-state index < -0.39 is 29.9 Å². The normalized spacial score (nSPS) is 25.7. The van der Waals surface area contributed by atoms with Crippen LogP contribution in [0.25, 0.3) is 0 Å². The Morgan fingerprint density at radius 1 is 1.10 bits per heavy atom. The highest BCUT2D eigenvalue weighted by molar-refractivity contribution is 5.93. The van der Waals surface area contributed by atoms with Gasteiger partial charge in [0.05, 0.1) is 25.4 Å². The number of hydrogen-bond acceptors (Lipinski definition) is 9. The summed E-state index contributed by atoms with van der Waals surface area (Å²) in [6.07, 6.45) is 1.99. The number of para-hydroxylation sites is 2. The highest BCUT2D eigenvalue weighted by Crippen LogP contribution is 2.44. The summed E-state index contributed by atoms with van der Waals surface area (Å²) >= 11 is 0. The number of amides is 2. The van der Waals surface area contributed by atoms with E-state index in [1.165, 1.54) is 29.5 Å². The van der Waals surface area contributed by atoms with Crippen molar-refractivity contribution in [2.45, 2.75) is 57.2 Å². The van der Waals surface area contributed by atoms with Crippen LogP contribution in [0.3, 0.4) is 0 Å². The average Bonchev–Trinajstić information content (AvgIpc) is 3.87. The molecule has 5 unspecified atom stereocenters. The number of anilines is 1. The minimum Gasteiger partial charge on any atom is -0.496 e. The molecule has 0 saturated carbocycles. The molecule has 5 atom stereocenters. The number of nitrogens with zero attached hydrogens (tertiary/aromatic N) is 7. The summed E-state index contributed by atoms with van der Waals surface area (Å²) < 4.78 is 50.4. The maximum absolute atomic E-state index is 15.6. The van der Waals surface area contributed by atoms with Crippen molar-refractivity contribution in [3.8, 4) is 5.75 Å². The third-order valence-corrected chi connectivity index (χ3v) is 9.52. The van der Waals surface area contributed by atoms with Gasteiger partial charge >= 0.3 is 6.03 Å². The summed E-state index contributed by atoms with van der Waals surface area (Å²) in [7, 11) is 1.65. The molecule has 0 spiro atoms. The maximum Gasteiger partial charge on any atom is 0.342 e. The first-order valence-corrected chi connectivity index (χ1v) is 16.5. The molecule has 3 saturated heterocycles. The van der Waals surface area contributed by atoms with Gasteiger partial charge in [-0.15, -0.1) is 5.01 Å². The number of carbonyl (C=O) groups is 1. The smallest absolute Gasteiger partial charge is 0.342 e. The van der Waals surface area contributed by atoms with Gasteiger partial charge in [0.1, 0.15) is 36.6 Å². The number of ether oxygens (including phenoxy) is 3. The second-order valence-electron chi connectivity index (χ2n) is 12.4. The van der Waals surface area contributed by atoms with Crippen molar-refractivity contribution in [1.82, 2.24) is 34.9 Å². The van der Waals surface area contributed by atoms with Gasteiger partial charge in [0.15, 0.2) is 12.5 Å². The minimum absolute atomic E-state index is 0.00749. The van der Waals surface area contributed by atoms with E-state index in [1.807, 2.05) is 71.4 Å². The second-order valence-corrected chi connectivity index (χ2v) is 12.4. The van der Waals surface area contributed by atoms with Crippen molar-refractivity contribution >= 4 is 11.7 Å². The molecule has 3 aliphatic heterocycles. The second kappa shape index (κ2) is 13.8. The van der Waals surface area contributed by atoms with Crippen molar-refractivity contribution in [1.29, 1.82) is 0 Å². The maximum atomic E-state index is 15.6. The van der Waals surface area contributed by atoms with E-state index in [0.29, 0.717) is 31.7 Å². The Hall–Kier alpha value is -4.47. The molecule has 0 radical (unpaired) electrons. The molecule has 4 aromatic rings. The summed E-state index contributed by atoms with van der Waals surface area (Å²) in [5.41, 5.74) is 1.62. The number of carbonyl (C=O) groups excluding carboxylic acids is 1. The van der Waals surface area contributed by atoms with Crippen molar-refractivity contribution in [2.24, 2.45) is 0 Å². The molecule has 12 nitrogen and oxygen atoms in total. The number of piperazine rings is 1. The van der Waals surface area contributed by atoms with Crippen molar-refractivity contribution in [3.05, 3.63) is 108 Å². The van der Waals surface area contributed by atoms with Crippen LogP contribution in [-0.4, -0.2) is 87.5 Å². The van der Waals surface area contributed by atoms with Crippen LogP contribution < -0.4 is 15.1 Å². The molecule has 3 aliphatic rings. The summed E-state index contributed by atoms with van der Waals surface area (Å²) in [6, 6.07) is 20.0. The first-order chi connectivity index (χ1) is 23.8. The van der Waals surface area contributed by atoms with Crippen molar-refractivity contribution in [2.75, 3.05) is 38.4 Å². The van der Waals surface area contributed by atoms with Gasteiger partial charge in [-0.3, -0.25) is 9.80 Å². The first-order valence-electron chi connectivity index (χ1n) is 16.5. The Morgan fingerprint density at radius 3 is 2.63 bits per heavy atom. The lowest BCUT2D eigenvalue weighted by Gasteiger charge is -2.47. The van der Waals surface area contributed by atoms with Gasteiger partial charge in [0, 0.05) is 42.9 Å². The van der Waals surface area contributed by atoms with Crippen molar-refractivity contribution in [3.63, 3.8) is 0 Å². The Morgan fingerprint density at radius 2 is 1.90 bits per heavy atom. The van der Waals surface area contributed by atoms with Crippen LogP contribution in [0.15, 0.2) is 85.5 Å². The Labute approximate surface area is 283 Å². The topological polar surface area (TPSA) is 100 Å². The number of rotatable bonds is 10. The molecule has 3 fully saturated rings. The van der Waals surface area contributed by atoms with E-state index in [2.05, 4.69) is 27.2 Å². The predicted molar refractivity (Wildman–Crippen MR) is 176 cm³/mol. The van der Waals surface area contributed by atoms with Gasteiger partial charge in [0.25, 0.3) is 0 Å². The quantitative estimate of drug-likeness (QED) is 0.257. The molecule has 1 aromatic heterocycles. The molecular weight excluding hydrogens is 634 g/mol. The summed E-state index contributed by atoms with van der Waals surface area (Å²) in [5, 5.41) is 11.3. The van der Waals surface area contributed by atoms with Crippen LogP contribution in [0.4, 0.5) is 19.3 Å². The highest BCUT2D eigenvalue weighted by atomic mass is 19.1. The first kappa shape index (κ1) is 33.0. The van der Waals surface area contributed by atoms with Gasteiger partial charge in [-0.25, -0.2) is 28.3 Å². The number of aromatic nitrogens is 3. The van der Waals surface area contributed by atoms with E-state index >= 15 is 4.39 Å². The lowest BCUT2D eigenvalue weighted by molar-refractivity contribution is -0.219. The summed E-state index contributed by atoms with van der Waals surface area (Å²) in [6.45, 7) is 5.86. The van der Waals surface area contributed by atoms with E-state index in [1.54, 1.807) is 12.1 Å². The zero-order valence-corrected chi connectivity index (χ0v) is 27.7. The van der Waals surface area contributed by atoms with E-state index in [0.717, 1.165) is 17.4 Å². The third kappa shape index (κ3) is 6.04. The minimum atomic E-state index is -1.72. The van der Waals surface area contributed by atoms with Crippen LogP contribution in [0.5, 0.6) is 5.75 Å². The number of methoxy groups -OCH3 is 1. The van der Waals surface area contributed by atoms with Gasteiger partial charge < -0.3 is 19.5 Å². The van der Waals surface area contributed by atoms with Crippen LogP contribution >= 0.6 is 0 Å². The Balaban J connectivity index is 1.37. The van der Waals surface area contributed by atoms with Crippen molar-refractivity contribution < 1.29 is 27.8 Å². The summed E-state index contributed by atoms with van der Waals surface area (Å²) in [5.74, 6) is -2.53. The number of halogens is 2. The number of hydrazine groups is 1. The fraction of sp³-hybridized carbons (Fsp3) is 0.400. The molecule has 0 aliphatic carbocycles. The molecule has 14 heteroatoms. The lowest BCUT2D eigenvalue weighted by Crippen LogP contribution is -2.63. The van der Waals surface area contributed by atoms with E-state index in [9.17, 15) is 9.18 Å². The van der Waals surface area contributed by atoms with Crippen LogP contribution in [-0.2, 0) is 21.8 Å². The predicted octanol–water partition coefficient (Wildman–Crippen LogP) is 4.68. The fourth-order valence-corrected chi connectivity index (χ4v) is 7.04. The number of benzene rings is 3. The zero-order valence-electron chi connectivity index (χ0n) is 27.7. The number of nitrogens with one attached hydrogen (secondary N) is 1. The third-order valence-electron chi connectivity index (χ3n) is 9.52. The SMILES string of the molecule is CCC(C)N1C(=O)N(c2ccccc2)N(C2COC(Cn3cncn3)(c3ccc(F)cc3F)O2)C1N1CCNCC1c1ccccc1OC. The molecule has 49 heavy (non-hydrogen) atoms. The molecule has 258 valence electrons. The highest BCUT2D eigenvalue weighted by Gasteiger charge is 2.58. The van der Waals surface area contributed by atoms with Gasteiger partial charge in [-0.05, 0) is 43.7 Å². The van der Waals surface area contributed by atoms with Gasteiger partial charge in [0.2, 0.25) is 5.79 Å². The number of hydrogen-bond donors (Lipinski definition) is 1. The van der Waals surface area contributed by atoms with Crippen LogP contribution in [0.2, 0.25) is 0 Å². The largest absolute Gasteiger partial charge is 0.496 e. The van der Waals surface area contributed by atoms with Crippen LogP contribution in [0, 0.1) is 11.6 Å². The molecule has 1 N–H and O–H groups in total. The lowest BCUT2D eigenvalue weighted by atomic mass is 10.0.